The van der Waals surface area contributed by atoms with Crippen LogP contribution in [-0.4, -0.2) is 44.8 Å². The minimum Gasteiger partial charge on any atom is -0.399 e. The second-order valence-electron chi connectivity index (χ2n) is 15.2. The van der Waals surface area contributed by atoms with Gasteiger partial charge >= 0.3 is 0 Å². The van der Waals surface area contributed by atoms with Gasteiger partial charge in [-0.3, -0.25) is 0 Å². The normalized spacial score (nSPS) is 20.1. The first-order chi connectivity index (χ1) is 27.4. The van der Waals surface area contributed by atoms with Gasteiger partial charge in [-0.25, -0.2) is 0 Å². The van der Waals surface area contributed by atoms with E-state index in [0.717, 1.165) is 21.6 Å². The first-order valence-corrected chi connectivity index (χ1v) is 22.3. The van der Waals surface area contributed by atoms with Gasteiger partial charge in [0, 0.05) is 4.90 Å². The number of rotatable bonds is 16. The highest BCUT2D eigenvalue weighted by Gasteiger charge is 2.57. The fourth-order valence-corrected chi connectivity index (χ4v) is 13.4. The molecule has 0 amide bonds. The first-order valence-electron chi connectivity index (χ1n) is 19.5. The Kier molecular flexibility index (Phi) is 13.7. The lowest BCUT2D eigenvalue weighted by Gasteiger charge is -2.52. The van der Waals surface area contributed by atoms with Crippen LogP contribution >= 0.6 is 11.8 Å². The van der Waals surface area contributed by atoms with E-state index in [9.17, 15) is 0 Å². The van der Waals surface area contributed by atoms with Crippen LogP contribution in [-0.2, 0) is 43.2 Å². The minimum absolute atomic E-state index is 0.287. The van der Waals surface area contributed by atoms with Gasteiger partial charge in [0.15, 0.2) is 0 Å². The topological polar surface area (TPSA) is 46.2 Å². The van der Waals surface area contributed by atoms with E-state index in [1.807, 2.05) is 48.5 Å². The molecule has 1 aliphatic rings. The molecule has 1 saturated heterocycles. The average molecular weight is 781 g/mol. The molecule has 1 fully saturated rings. The van der Waals surface area contributed by atoms with Crippen molar-refractivity contribution in [2.45, 2.75) is 80.4 Å². The summed E-state index contributed by atoms with van der Waals surface area (Å²) in [5.41, 5.74) is 2.83. The van der Waals surface area contributed by atoms with E-state index in [0.29, 0.717) is 26.4 Å². The van der Waals surface area contributed by atoms with Gasteiger partial charge in [-0.2, -0.15) is 0 Å². The van der Waals surface area contributed by atoms with Crippen LogP contribution in [0.5, 0.6) is 0 Å². The van der Waals surface area contributed by atoms with Crippen LogP contribution in [0.3, 0.4) is 0 Å². The Labute approximate surface area is 338 Å². The Hall–Kier alpha value is -4.31. The third-order valence-electron chi connectivity index (χ3n) is 10.3. The average Bonchev–Trinajstić information content (AvgIpc) is 3.24. The van der Waals surface area contributed by atoms with Gasteiger partial charge in [0.2, 0.25) is 0 Å². The van der Waals surface area contributed by atoms with Gasteiger partial charge in [-0.1, -0.05) is 202 Å². The zero-order valence-corrected chi connectivity index (χ0v) is 34.3. The molecule has 6 aromatic carbocycles. The van der Waals surface area contributed by atoms with Crippen molar-refractivity contribution in [2.75, 3.05) is 6.61 Å². The predicted octanol–water partition coefficient (Wildman–Crippen LogP) is 9.84. The molecule has 0 saturated carbocycles. The van der Waals surface area contributed by atoms with Crippen molar-refractivity contribution in [3.8, 4) is 0 Å². The molecule has 0 radical (unpaired) electrons. The van der Waals surface area contributed by atoms with Crippen LogP contribution in [0, 0.1) is 0 Å². The molecule has 3 unspecified atom stereocenters. The Balaban J connectivity index is 1.36. The van der Waals surface area contributed by atoms with Crippen molar-refractivity contribution >= 4 is 30.5 Å². The highest BCUT2D eigenvalue weighted by Crippen LogP contribution is 2.43. The molecule has 0 bridgehead atoms. The summed E-state index contributed by atoms with van der Waals surface area (Å²) < 4.78 is 36.1. The SMILES string of the molecule is CC(C)(C)[Si](O[C@@H]1C(COCc2ccccc2)O[C@@H](Sc2ccccc2)C(OCc2ccccc2)C1OCc1ccccc1)(c1ccccc1)c1ccccc1. The third kappa shape index (κ3) is 9.79. The van der Waals surface area contributed by atoms with E-state index < -0.39 is 38.2 Å². The van der Waals surface area contributed by atoms with Gasteiger partial charge in [-0.15, -0.1) is 0 Å². The summed E-state index contributed by atoms with van der Waals surface area (Å²) in [4.78, 5) is 1.09. The molecule has 0 spiro atoms. The molecule has 0 aromatic heterocycles. The molecule has 5 atom stereocenters. The van der Waals surface area contributed by atoms with Gasteiger partial charge in [0.25, 0.3) is 8.32 Å². The molecule has 56 heavy (non-hydrogen) atoms. The Morgan fingerprint density at radius 3 is 1.38 bits per heavy atom. The maximum Gasteiger partial charge on any atom is 0.261 e. The maximum atomic E-state index is 8.03. The molecular weight excluding hydrogens is 729 g/mol. The number of hydrogen-bond donors (Lipinski definition) is 0. The Morgan fingerprint density at radius 2 is 0.911 bits per heavy atom. The number of hydrogen-bond acceptors (Lipinski definition) is 6. The van der Waals surface area contributed by atoms with Crippen molar-refractivity contribution in [2.24, 2.45) is 0 Å². The number of ether oxygens (including phenoxy) is 4. The summed E-state index contributed by atoms with van der Waals surface area (Å²) in [7, 11) is -3.12. The lowest BCUT2D eigenvalue weighted by Crippen LogP contribution is -2.72. The standard InChI is InChI=1S/C49H52O5SSi/c1-49(2,3)56(42-30-18-8-19-31-42,43-32-20-9-21-33-43)54-45-44(37-50-34-38-22-10-4-11-23-38)53-48(55-41-28-16-7-17-29-41)47(52-36-40-26-14-6-15-27-40)46(45)51-35-39-24-12-5-13-25-39/h4-33,44-48H,34-37H2,1-3H3/t44?,45-,46?,47?,48+/m1/s1. The molecule has 7 heteroatoms. The minimum atomic E-state index is -3.12. The van der Waals surface area contributed by atoms with Gasteiger partial charge in [-0.05, 0) is 44.2 Å². The van der Waals surface area contributed by atoms with Crippen LogP contribution in [0.2, 0.25) is 5.04 Å². The lowest BCUT2D eigenvalue weighted by atomic mass is 9.99. The fraction of sp³-hybridized carbons (Fsp3) is 0.265. The van der Waals surface area contributed by atoms with Crippen LogP contribution < -0.4 is 10.4 Å². The van der Waals surface area contributed by atoms with E-state index in [2.05, 4.69) is 154 Å². The third-order valence-corrected chi connectivity index (χ3v) is 16.5. The number of thioether (sulfide) groups is 1. The monoisotopic (exact) mass is 780 g/mol. The second-order valence-corrected chi connectivity index (χ2v) is 20.7. The van der Waals surface area contributed by atoms with Crippen molar-refractivity contribution in [3.63, 3.8) is 0 Å². The van der Waals surface area contributed by atoms with Crippen LogP contribution in [0.15, 0.2) is 187 Å². The van der Waals surface area contributed by atoms with Crippen molar-refractivity contribution < 1.29 is 23.4 Å². The largest absolute Gasteiger partial charge is 0.399 e. The molecule has 1 heterocycles. The summed E-state index contributed by atoms with van der Waals surface area (Å²) in [6.07, 6.45) is -2.08. The van der Waals surface area contributed by atoms with Crippen molar-refractivity contribution in [1.82, 2.24) is 0 Å². The molecule has 7 rings (SSSR count). The Bertz CT molecular complexity index is 1980. The second kappa shape index (κ2) is 19.2. The van der Waals surface area contributed by atoms with Crippen LogP contribution in [0.1, 0.15) is 37.5 Å². The first kappa shape index (κ1) is 39.9. The van der Waals surface area contributed by atoms with E-state index in [-0.39, 0.29) is 5.04 Å². The summed E-state index contributed by atoms with van der Waals surface area (Å²) >= 11 is 1.66. The Morgan fingerprint density at radius 1 is 0.500 bits per heavy atom. The van der Waals surface area contributed by atoms with Crippen molar-refractivity contribution in [3.05, 3.63) is 199 Å². The summed E-state index contributed by atoms with van der Waals surface area (Å²) in [5, 5.41) is 2.09. The van der Waals surface area contributed by atoms with E-state index in [4.69, 9.17) is 23.4 Å². The highest BCUT2D eigenvalue weighted by molar-refractivity contribution is 7.99. The van der Waals surface area contributed by atoms with Crippen LogP contribution in [0.4, 0.5) is 0 Å². The number of benzene rings is 6. The summed E-state index contributed by atoms with van der Waals surface area (Å²) in [6.45, 7) is 8.46. The molecular formula is C49H52O5SSi. The molecule has 0 N–H and O–H groups in total. The van der Waals surface area contributed by atoms with Crippen LogP contribution in [0.25, 0.3) is 0 Å². The lowest BCUT2D eigenvalue weighted by molar-refractivity contribution is -0.236. The molecule has 288 valence electrons. The van der Waals surface area contributed by atoms with Gasteiger partial charge in [0.1, 0.15) is 29.9 Å². The van der Waals surface area contributed by atoms with E-state index >= 15 is 0 Å². The molecule has 5 nitrogen and oxygen atoms in total. The fourth-order valence-electron chi connectivity index (χ4n) is 7.54. The molecule has 6 aromatic rings. The molecule has 0 aliphatic carbocycles. The zero-order chi connectivity index (χ0) is 38.6. The predicted molar refractivity (Wildman–Crippen MR) is 230 cm³/mol. The summed E-state index contributed by atoms with van der Waals surface area (Å²) in [5.74, 6) is 0. The van der Waals surface area contributed by atoms with E-state index in [1.54, 1.807) is 11.8 Å². The molecule has 1 aliphatic heterocycles. The highest BCUT2D eigenvalue weighted by atomic mass is 32.2. The van der Waals surface area contributed by atoms with E-state index in [1.165, 1.54) is 10.4 Å². The van der Waals surface area contributed by atoms with Gasteiger partial charge < -0.3 is 23.4 Å². The smallest absolute Gasteiger partial charge is 0.261 e. The van der Waals surface area contributed by atoms with Gasteiger partial charge in [0.05, 0.1) is 26.4 Å². The zero-order valence-electron chi connectivity index (χ0n) is 32.5. The summed E-state index contributed by atoms with van der Waals surface area (Å²) in [6, 6.07) is 62.9. The quantitative estimate of drug-likeness (QED) is 0.0913. The van der Waals surface area contributed by atoms with Crippen molar-refractivity contribution in [1.29, 1.82) is 0 Å². The maximum absolute atomic E-state index is 8.03.